The lowest BCUT2D eigenvalue weighted by Gasteiger charge is -2.18. The molecule has 0 saturated heterocycles. The molecule has 1 amide bonds. The van der Waals surface area contributed by atoms with Crippen molar-refractivity contribution >= 4 is 33.2 Å². The summed E-state index contributed by atoms with van der Waals surface area (Å²) < 4.78 is 28.4. The molecule has 7 nitrogen and oxygen atoms in total. The first-order chi connectivity index (χ1) is 15.2. The predicted molar refractivity (Wildman–Crippen MR) is 127 cm³/mol. The Kier molecular flexibility index (Phi) is 7.38. The van der Waals surface area contributed by atoms with Crippen molar-refractivity contribution in [2.24, 2.45) is 0 Å². The molecule has 2 aromatic carbocycles. The van der Waals surface area contributed by atoms with Crippen LogP contribution in [0.3, 0.4) is 0 Å². The number of sulfonamides is 1. The number of nitrogens with zero attached hydrogens (tertiary/aromatic N) is 3. The normalized spacial score (nSPS) is 11.7. The molecule has 3 rings (SSSR count). The molecule has 0 saturated carbocycles. The highest BCUT2D eigenvalue weighted by Gasteiger charge is 2.21. The van der Waals surface area contributed by atoms with E-state index in [2.05, 4.69) is 10.4 Å². The Bertz CT molecular complexity index is 1200. The number of benzene rings is 2. The van der Waals surface area contributed by atoms with Gasteiger partial charge in [0.1, 0.15) is 0 Å². The lowest BCUT2D eigenvalue weighted by Crippen LogP contribution is -2.30. The van der Waals surface area contributed by atoms with E-state index < -0.39 is 10.0 Å². The molecular weight excluding hydrogens is 448 g/mol. The van der Waals surface area contributed by atoms with Crippen LogP contribution in [0.25, 0.3) is 5.69 Å². The number of anilines is 1. The molecule has 0 aliphatic heterocycles. The van der Waals surface area contributed by atoms with Crippen molar-refractivity contribution in [3.63, 3.8) is 0 Å². The van der Waals surface area contributed by atoms with E-state index in [9.17, 15) is 13.2 Å². The van der Waals surface area contributed by atoms with Gasteiger partial charge in [0, 0.05) is 35.1 Å². The van der Waals surface area contributed by atoms with Gasteiger partial charge in [-0.05, 0) is 62.4 Å². The van der Waals surface area contributed by atoms with Gasteiger partial charge in [0.25, 0.3) is 0 Å². The average Bonchev–Trinajstić information content (AvgIpc) is 3.03. The van der Waals surface area contributed by atoms with E-state index in [1.54, 1.807) is 42.8 Å². The molecule has 0 fully saturated rings. The van der Waals surface area contributed by atoms with Gasteiger partial charge in [-0.25, -0.2) is 13.1 Å². The third kappa shape index (κ3) is 5.03. The number of nitrogens with one attached hydrogen (secondary N) is 1. The molecule has 9 heteroatoms. The van der Waals surface area contributed by atoms with Crippen LogP contribution in [0.5, 0.6) is 0 Å². The zero-order chi connectivity index (χ0) is 23.5. The van der Waals surface area contributed by atoms with Crippen LogP contribution in [-0.2, 0) is 21.2 Å². The van der Waals surface area contributed by atoms with Crippen LogP contribution in [0.1, 0.15) is 30.8 Å². The molecule has 3 aromatic rings. The summed E-state index contributed by atoms with van der Waals surface area (Å²) in [6.07, 6.45) is 0.157. The first kappa shape index (κ1) is 24.0. The summed E-state index contributed by atoms with van der Waals surface area (Å²) in [6.45, 7) is 8.20. The van der Waals surface area contributed by atoms with Gasteiger partial charge in [0.05, 0.1) is 22.7 Å². The quantitative estimate of drug-likeness (QED) is 0.525. The van der Waals surface area contributed by atoms with Gasteiger partial charge in [-0.2, -0.15) is 9.40 Å². The Morgan fingerprint density at radius 1 is 1.03 bits per heavy atom. The molecule has 0 aliphatic carbocycles. The van der Waals surface area contributed by atoms with Gasteiger partial charge in [0.2, 0.25) is 15.9 Å². The Labute approximate surface area is 194 Å². The molecule has 1 aromatic heterocycles. The lowest BCUT2D eigenvalue weighted by atomic mass is 10.1. The van der Waals surface area contributed by atoms with Crippen molar-refractivity contribution in [2.75, 3.05) is 18.4 Å². The molecule has 0 atom stereocenters. The minimum Gasteiger partial charge on any atom is -0.326 e. The number of amides is 1. The van der Waals surface area contributed by atoms with Crippen LogP contribution < -0.4 is 5.32 Å². The van der Waals surface area contributed by atoms with Crippen molar-refractivity contribution in [1.82, 2.24) is 14.1 Å². The minimum atomic E-state index is -3.53. The highest BCUT2D eigenvalue weighted by molar-refractivity contribution is 7.89. The van der Waals surface area contributed by atoms with E-state index in [4.69, 9.17) is 11.6 Å². The van der Waals surface area contributed by atoms with Crippen molar-refractivity contribution in [2.45, 2.75) is 39.0 Å². The fourth-order valence-electron chi connectivity index (χ4n) is 3.55. The molecule has 32 heavy (non-hydrogen) atoms. The monoisotopic (exact) mass is 474 g/mol. The molecule has 1 heterocycles. The summed E-state index contributed by atoms with van der Waals surface area (Å²) >= 11 is 5.97. The molecule has 170 valence electrons. The summed E-state index contributed by atoms with van der Waals surface area (Å²) in [7, 11) is -3.53. The summed E-state index contributed by atoms with van der Waals surface area (Å²) in [5, 5.41) is 8.04. The van der Waals surface area contributed by atoms with Gasteiger partial charge in [-0.15, -0.1) is 0 Å². The number of rotatable bonds is 8. The number of carbonyl (C=O) groups excluding carboxylic acids is 1. The molecule has 0 spiro atoms. The number of aromatic nitrogens is 2. The van der Waals surface area contributed by atoms with Crippen LogP contribution >= 0.6 is 11.6 Å². The van der Waals surface area contributed by atoms with Crippen LogP contribution in [0.4, 0.5) is 5.69 Å². The Hall–Kier alpha value is -2.68. The van der Waals surface area contributed by atoms with Gasteiger partial charge in [0.15, 0.2) is 0 Å². The first-order valence-electron chi connectivity index (χ1n) is 10.4. The lowest BCUT2D eigenvalue weighted by molar-refractivity contribution is -0.115. The second kappa shape index (κ2) is 9.85. The van der Waals surface area contributed by atoms with Crippen LogP contribution in [-0.4, -0.2) is 41.5 Å². The van der Waals surface area contributed by atoms with Gasteiger partial charge >= 0.3 is 0 Å². The van der Waals surface area contributed by atoms with Crippen LogP contribution in [0.15, 0.2) is 53.4 Å². The molecule has 0 bridgehead atoms. The van der Waals surface area contributed by atoms with Gasteiger partial charge in [-0.3, -0.25) is 4.79 Å². The predicted octanol–water partition coefficient (Wildman–Crippen LogP) is 4.35. The minimum absolute atomic E-state index is 0.157. The molecule has 0 radical (unpaired) electrons. The Morgan fingerprint density at radius 3 is 2.19 bits per heavy atom. The number of hydrogen-bond acceptors (Lipinski definition) is 4. The first-order valence-corrected chi connectivity index (χ1v) is 12.2. The largest absolute Gasteiger partial charge is 0.326 e. The maximum atomic E-state index is 12.7. The van der Waals surface area contributed by atoms with Crippen LogP contribution in [0.2, 0.25) is 5.02 Å². The van der Waals surface area contributed by atoms with E-state index in [0.29, 0.717) is 23.8 Å². The topological polar surface area (TPSA) is 84.3 Å². The smallest absolute Gasteiger partial charge is 0.243 e. The van der Waals surface area contributed by atoms with Gasteiger partial charge < -0.3 is 5.32 Å². The van der Waals surface area contributed by atoms with E-state index in [1.807, 2.05) is 26.0 Å². The second-order valence-electron chi connectivity index (χ2n) is 7.38. The van der Waals surface area contributed by atoms with Crippen molar-refractivity contribution in [3.05, 3.63) is 70.5 Å². The van der Waals surface area contributed by atoms with E-state index in [0.717, 1.165) is 22.6 Å². The number of halogens is 1. The van der Waals surface area contributed by atoms with Crippen LogP contribution in [0, 0.1) is 13.8 Å². The van der Waals surface area contributed by atoms with E-state index in [1.165, 1.54) is 16.4 Å². The number of aryl methyl sites for hydroxylation is 1. The fraction of sp³-hybridized carbons (Fsp3) is 0.304. The molecule has 1 N–H and O–H groups in total. The van der Waals surface area contributed by atoms with E-state index >= 15 is 0 Å². The summed E-state index contributed by atoms with van der Waals surface area (Å²) in [4.78, 5) is 12.9. The van der Waals surface area contributed by atoms with E-state index in [-0.39, 0.29) is 17.2 Å². The highest BCUT2D eigenvalue weighted by Crippen LogP contribution is 2.22. The molecule has 0 aliphatic rings. The Balaban J connectivity index is 1.73. The zero-order valence-corrected chi connectivity index (χ0v) is 20.2. The maximum absolute atomic E-state index is 12.7. The molecular formula is C23H27ClN4O3S. The zero-order valence-electron chi connectivity index (χ0n) is 18.6. The fourth-order valence-corrected chi connectivity index (χ4v) is 5.14. The number of carbonyl (C=O) groups is 1. The number of hydrogen-bond donors (Lipinski definition) is 1. The highest BCUT2D eigenvalue weighted by atomic mass is 35.5. The van der Waals surface area contributed by atoms with Crippen molar-refractivity contribution in [3.8, 4) is 5.69 Å². The summed E-state index contributed by atoms with van der Waals surface area (Å²) in [6, 6.07) is 13.6. The van der Waals surface area contributed by atoms with Crippen molar-refractivity contribution < 1.29 is 13.2 Å². The van der Waals surface area contributed by atoms with Gasteiger partial charge in [-0.1, -0.05) is 25.4 Å². The standard InChI is InChI=1S/C23H27ClN4O3S/c1-5-27(6-2)32(30,31)21-13-9-19(10-14-21)25-23(29)15-22-16(3)26-28(17(22)4)20-11-7-18(24)8-12-20/h7-14H,5-6,15H2,1-4H3,(H,25,29). The SMILES string of the molecule is CCN(CC)S(=O)(=O)c1ccc(NC(=O)Cc2c(C)nn(-c3ccc(Cl)cc3)c2C)cc1. The Morgan fingerprint density at radius 2 is 1.62 bits per heavy atom. The molecule has 0 unspecified atom stereocenters. The second-order valence-corrected chi connectivity index (χ2v) is 9.75. The summed E-state index contributed by atoms with van der Waals surface area (Å²) in [5.41, 5.74) is 3.90. The van der Waals surface area contributed by atoms with Crippen molar-refractivity contribution in [1.29, 1.82) is 0 Å². The third-order valence-electron chi connectivity index (χ3n) is 5.33. The average molecular weight is 475 g/mol. The maximum Gasteiger partial charge on any atom is 0.243 e. The summed E-state index contributed by atoms with van der Waals surface area (Å²) in [5.74, 6) is -0.203. The third-order valence-corrected chi connectivity index (χ3v) is 7.65.